The van der Waals surface area contributed by atoms with Gasteiger partial charge in [0.25, 0.3) is 0 Å². The Morgan fingerprint density at radius 2 is 2.00 bits per heavy atom. The number of benzene rings is 1. The van der Waals surface area contributed by atoms with Gasteiger partial charge in [-0.2, -0.15) is 0 Å². The molecule has 2 heteroatoms. The number of para-hydroxylation sites is 1. The third-order valence-corrected chi connectivity index (χ3v) is 3.69. The van der Waals surface area contributed by atoms with Crippen LogP contribution in [0.15, 0.2) is 54.8 Å². The van der Waals surface area contributed by atoms with E-state index in [1.807, 2.05) is 55.4 Å². The number of nitrogens with zero attached hydrogens (tertiary/aromatic N) is 1. The standard InChI is InChI=1S/C16H19NO/c1-4-16(2)11-10-13(15(16)18)12-17(3)14-8-6-5-7-9-14/h4-9,12H,1,10-11H2,2-3H3/b13-12+. The fourth-order valence-electron chi connectivity index (χ4n) is 2.28. The number of ketones is 1. The van der Waals surface area contributed by atoms with Crippen molar-refractivity contribution in [3.05, 3.63) is 54.8 Å². The zero-order valence-corrected chi connectivity index (χ0v) is 11.0. The van der Waals surface area contributed by atoms with Crippen LogP contribution >= 0.6 is 0 Å². The molecule has 1 aliphatic rings. The van der Waals surface area contributed by atoms with Crippen LogP contribution in [0.5, 0.6) is 0 Å². The summed E-state index contributed by atoms with van der Waals surface area (Å²) >= 11 is 0. The number of hydrogen-bond donors (Lipinski definition) is 0. The van der Waals surface area contributed by atoms with Gasteiger partial charge in [0.05, 0.1) is 0 Å². The Labute approximate surface area is 109 Å². The van der Waals surface area contributed by atoms with E-state index in [2.05, 4.69) is 6.58 Å². The van der Waals surface area contributed by atoms with E-state index in [9.17, 15) is 4.79 Å². The van der Waals surface area contributed by atoms with Crippen molar-refractivity contribution in [1.82, 2.24) is 0 Å². The maximum Gasteiger partial charge on any atom is 0.169 e. The van der Waals surface area contributed by atoms with Crippen LogP contribution in [0.25, 0.3) is 0 Å². The third-order valence-electron chi connectivity index (χ3n) is 3.69. The highest BCUT2D eigenvalue weighted by Gasteiger charge is 2.38. The zero-order chi connectivity index (χ0) is 13.2. The molecule has 0 aromatic heterocycles. The van der Waals surface area contributed by atoms with E-state index in [4.69, 9.17) is 0 Å². The lowest BCUT2D eigenvalue weighted by Gasteiger charge is -2.17. The predicted octanol–water partition coefficient (Wildman–Crippen LogP) is 3.56. The highest BCUT2D eigenvalue weighted by molar-refractivity contribution is 6.03. The Kier molecular flexibility index (Phi) is 3.37. The number of carbonyl (C=O) groups is 1. The van der Waals surface area contributed by atoms with Crippen LogP contribution < -0.4 is 4.90 Å². The van der Waals surface area contributed by atoms with Crippen molar-refractivity contribution in [3.63, 3.8) is 0 Å². The van der Waals surface area contributed by atoms with Crippen LogP contribution in [0, 0.1) is 5.41 Å². The minimum absolute atomic E-state index is 0.209. The monoisotopic (exact) mass is 241 g/mol. The lowest BCUT2D eigenvalue weighted by atomic mass is 9.88. The van der Waals surface area contributed by atoms with E-state index in [-0.39, 0.29) is 11.2 Å². The molecule has 2 rings (SSSR count). The molecular formula is C16H19NO. The van der Waals surface area contributed by atoms with Crippen molar-refractivity contribution in [2.45, 2.75) is 19.8 Å². The number of rotatable bonds is 3. The van der Waals surface area contributed by atoms with E-state index < -0.39 is 0 Å². The van der Waals surface area contributed by atoms with Gasteiger partial charge in [0.1, 0.15) is 0 Å². The van der Waals surface area contributed by atoms with Gasteiger partial charge in [-0.1, -0.05) is 24.3 Å². The van der Waals surface area contributed by atoms with Gasteiger partial charge < -0.3 is 4.90 Å². The first-order valence-corrected chi connectivity index (χ1v) is 6.24. The van der Waals surface area contributed by atoms with E-state index in [1.165, 1.54) is 0 Å². The Balaban J connectivity index is 2.21. The molecule has 94 valence electrons. The number of anilines is 1. The summed E-state index contributed by atoms with van der Waals surface area (Å²) in [6, 6.07) is 10.0. The largest absolute Gasteiger partial charge is 0.351 e. The molecule has 0 bridgehead atoms. The molecule has 1 unspecified atom stereocenters. The van der Waals surface area contributed by atoms with Crippen LogP contribution in [-0.4, -0.2) is 12.8 Å². The summed E-state index contributed by atoms with van der Waals surface area (Å²) in [5.74, 6) is 0.209. The first-order valence-electron chi connectivity index (χ1n) is 6.24. The van der Waals surface area contributed by atoms with Crippen molar-refractivity contribution >= 4 is 11.5 Å². The van der Waals surface area contributed by atoms with Crippen LogP contribution in [0.1, 0.15) is 19.8 Å². The molecule has 1 aromatic carbocycles. The molecule has 1 aromatic rings. The van der Waals surface area contributed by atoms with E-state index in [1.54, 1.807) is 6.08 Å². The van der Waals surface area contributed by atoms with Gasteiger partial charge in [-0.25, -0.2) is 0 Å². The number of carbonyl (C=O) groups excluding carboxylic acids is 1. The van der Waals surface area contributed by atoms with Gasteiger partial charge in [-0.15, -0.1) is 6.58 Å². The third kappa shape index (κ3) is 2.23. The van der Waals surface area contributed by atoms with Gasteiger partial charge in [-0.3, -0.25) is 4.79 Å². The van der Waals surface area contributed by atoms with Gasteiger partial charge in [0, 0.05) is 29.9 Å². The van der Waals surface area contributed by atoms with Gasteiger partial charge >= 0.3 is 0 Å². The summed E-state index contributed by atoms with van der Waals surface area (Å²) in [7, 11) is 1.97. The normalized spacial score (nSPS) is 25.4. The first-order chi connectivity index (χ1) is 8.57. The molecule has 0 heterocycles. The summed E-state index contributed by atoms with van der Waals surface area (Å²) in [6.45, 7) is 5.74. The molecule has 18 heavy (non-hydrogen) atoms. The molecule has 1 atom stereocenters. The lowest BCUT2D eigenvalue weighted by molar-refractivity contribution is -0.120. The molecule has 1 saturated carbocycles. The quantitative estimate of drug-likeness (QED) is 0.595. The van der Waals surface area contributed by atoms with Crippen LogP contribution in [0.2, 0.25) is 0 Å². The SMILES string of the molecule is C=CC1(C)CC/C(=C\N(C)c2ccccc2)C1=O. The Hall–Kier alpha value is -1.83. The van der Waals surface area contributed by atoms with E-state index in [0.29, 0.717) is 0 Å². The predicted molar refractivity (Wildman–Crippen MR) is 75.5 cm³/mol. The molecule has 1 fully saturated rings. The molecule has 0 radical (unpaired) electrons. The second-order valence-electron chi connectivity index (χ2n) is 5.05. The van der Waals surface area contributed by atoms with E-state index in [0.717, 1.165) is 24.1 Å². The van der Waals surface area contributed by atoms with Crippen molar-refractivity contribution in [2.24, 2.45) is 5.41 Å². The summed E-state index contributed by atoms with van der Waals surface area (Å²) in [5, 5.41) is 0. The highest BCUT2D eigenvalue weighted by Crippen LogP contribution is 2.38. The maximum atomic E-state index is 12.3. The zero-order valence-electron chi connectivity index (χ0n) is 11.0. The second-order valence-corrected chi connectivity index (χ2v) is 5.05. The Morgan fingerprint density at radius 1 is 1.33 bits per heavy atom. The minimum atomic E-state index is -0.372. The Bertz CT molecular complexity index is 489. The fraction of sp³-hybridized carbons (Fsp3) is 0.312. The van der Waals surface area contributed by atoms with Crippen molar-refractivity contribution in [2.75, 3.05) is 11.9 Å². The summed E-state index contributed by atoms with van der Waals surface area (Å²) in [4.78, 5) is 14.3. The lowest BCUT2D eigenvalue weighted by Crippen LogP contribution is -2.20. The minimum Gasteiger partial charge on any atom is -0.351 e. The van der Waals surface area contributed by atoms with Crippen molar-refractivity contribution in [3.8, 4) is 0 Å². The molecule has 0 N–H and O–H groups in total. The number of Topliss-reactive ketones (excluding diaryl/α,β-unsaturated/α-hetero) is 1. The fourth-order valence-corrected chi connectivity index (χ4v) is 2.28. The summed E-state index contributed by atoms with van der Waals surface area (Å²) in [5.41, 5.74) is 1.61. The molecule has 0 saturated heterocycles. The van der Waals surface area contributed by atoms with Gasteiger partial charge in [0.15, 0.2) is 5.78 Å². The topological polar surface area (TPSA) is 20.3 Å². The molecule has 2 nitrogen and oxygen atoms in total. The first kappa shape index (κ1) is 12.6. The van der Waals surface area contributed by atoms with Crippen LogP contribution in [0.3, 0.4) is 0 Å². The summed E-state index contributed by atoms with van der Waals surface area (Å²) < 4.78 is 0. The van der Waals surface area contributed by atoms with Crippen molar-refractivity contribution in [1.29, 1.82) is 0 Å². The Morgan fingerprint density at radius 3 is 2.56 bits per heavy atom. The average Bonchev–Trinajstić information content (AvgIpc) is 2.69. The number of hydrogen-bond acceptors (Lipinski definition) is 2. The van der Waals surface area contributed by atoms with Crippen molar-refractivity contribution < 1.29 is 4.79 Å². The molecule has 1 aliphatic carbocycles. The summed E-state index contributed by atoms with van der Waals surface area (Å²) in [6.07, 6.45) is 5.42. The highest BCUT2D eigenvalue weighted by atomic mass is 16.1. The average molecular weight is 241 g/mol. The van der Waals surface area contributed by atoms with Gasteiger partial charge in [0.2, 0.25) is 0 Å². The van der Waals surface area contributed by atoms with E-state index >= 15 is 0 Å². The molecular weight excluding hydrogens is 222 g/mol. The molecule has 0 spiro atoms. The number of allylic oxidation sites excluding steroid dienone is 2. The smallest absolute Gasteiger partial charge is 0.169 e. The molecule has 0 aliphatic heterocycles. The molecule has 0 amide bonds. The van der Waals surface area contributed by atoms with Crippen LogP contribution in [0.4, 0.5) is 5.69 Å². The second kappa shape index (κ2) is 4.81. The maximum absolute atomic E-state index is 12.3. The van der Waals surface area contributed by atoms with Gasteiger partial charge in [-0.05, 0) is 31.9 Å². The van der Waals surface area contributed by atoms with Crippen LogP contribution in [-0.2, 0) is 4.79 Å².